The third kappa shape index (κ3) is 4.85. The lowest BCUT2D eigenvalue weighted by Gasteiger charge is -2.26. The smallest absolute Gasteiger partial charge is 0.348 e. The van der Waals surface area contributed by atoms with Gasteiger partial charge in [0.1, 0.15) is 0 Å². The largest absolute Gasteiger partial charge is 0.453 e. The third-order valence-electron chi connectivity index (χ3n) is 4.37. The Morgan fingerprint density at radius 2 is 1.52 bits per heavy atom. The number of rotatable bonds is 7. The third-order valence-corrected chi connectivity index (χ3v) is 5.09. The zero-order valence-electron chi connectivity index (χ0n) is 15.9. The fraction of sp³-hybridized carbons (Fsp3) is 0.130. The van der Waals surface area contributed by atoms with E-state index >= 15 is 0 Å². The molecule has 0 fully saturated rings. The van der Waals surface area contributed by atoms with E-state index in [1.165, 1.54) is 0 Å². The summed E-state index contributed by atoms with van der Waals surface area (Å²) in [6.07, 6.45) is 1.94. The van der Waals surface area contributed by atoms with Crippen molar-refractivity contribution >= 4 is 29.3 Å². The molecule has 0 saturated carbocycles. The summed E-state index contributed by atoms with van der Waals surface area (Å²) in [4.78, 5) is 26.1. The predicted octanol–water partition coefficient (Wildman–Crippen LogP) is 3.83. The number of anilines is 1. The lowest BCUT2D eigenvalue weighted by atomic mass is 9.86. The lowest BCUT2D eigenvalue weighted by molar-refractivity contribution is -0.163. The van der Waals surface area contributed by atoms with E-state index in [1.807, 2.05) is 24.5 Å². The lowest BCUT2D eigenvalue weighted by Crippen LogP contribution is -2.39. The summed E-state index contributed by atoms with van der Waals surface area (Å²) in [6, 6.07) is 24.4. The second-order valence-electron chi connectivity index (χ2n) is 6.30. The molecule has 2 N–H and O–H groups in total. The molecule has 148 valence electrons. The van der Waals surface area contributed by atoms with Crippen LogP contribution in [0.5, 0.6) is 0 Å². The molecule has 0 saturated heterocycles. The highest BCUT2D eigenvalue weighted by Crippen LogP contribution is 2.31. The van der Waals surface area contributed by atoms with Gasteiger partial charge in [-0.1, -0.05) is 66.7 Å². The Hall–Kier alpha value is -3.09. The van der Waals surface area contributed by atoms with Crippen molar-refractivity contribution in [3.8, 4) is 0 Å². The molecule has 29 heavy (non-hydrogen) atoms. The first-order valence-electron chi connectivity index (χ1n) is 8.98. The van der Waals surface area contributed by atoms with Gasteiger partial charge in [0.25, 0.3) is 5.91 Å². The Morgan fingerprint density at radius 1 is 0.931 bits per heavy atom. The molecular weight excluding hydrogens is 386 g/mol. The van der Waals surface area contributed by atoms with Gasteiger partial charge in [0.2, 0.25) is 5.60 Å². The molecule has 3 aromatic carbocycles. The van der Waals surface area contributed by atoms with Crippen LogP contribution in [0, 0.1) is 0 Å². The highest BCUT2D eigenvalue weighted by atomic mass is 32.2. The standard InChI is InChI=1S/C23H21NO4S/c1-29-20-14-8-13-19(15-20)24-21(25)16-28-22(26)23(27,17-9-4-2-5-10-17)18-11-6-3-7-12-18/h2-15,27H,16H2,1H3,(H,24,25). The van der Waals surface area contributed by atoms with Gasteiger partial charge >= 0.3 is 5.97 Å². The Labute approximate surface area is 173 Å². The summed E-state index contributed by atoms with van der Waals surface area (Å²) in [5.41, 5.74) is -0.672. The summed E-state index contributed by atoms with van der Waals surface area (Å²) < 4.78 is 5.20. The van der Waals surface area contributed by atoms with Gasteiger partial charge in [0.05, 0.1) is 0 Å². The van der Waals surface area contributed by atoms with Crippen LogP contribution >= 0.6 is 11.8 Å². The maximum Gasteiger partial charge on any atom is 0.348 e. The molecule has 5 nitrogen and oxygen atoms in total. The van der Waals surface area contributed by atoms with E-state index in [4.69, 9.17) is 4.74 Å². The van der Waals surface area contributed by atoms with Gasteiger partial charge in [-0.05, 0) is 35.6 Å². The van der Waals surface area contributed by atoms with Crippen LogP contribution in [0.1, 0.15) is 11.1 Å². The fourth-order valence-corrected chi connectivity index (χ4v) is 3.35. The van der Waals surface area contributed by atoms with Crippen LogP contribution in [-0.4, -0.2) is 29.8 Å². The predicted molar refractivity (Wildman–Crippen MR) is 114 cm³/mol. The Balaban J connectivity index is 1.74. The van der Waals surface area contributed by atoms with Gasteiger partial charge in [0, 0.05) is 10.6 Å². The number of ether oxygens (including phenoxy) is 1. The molecule has 0 bridgehead atoms. The zero-order chi connectivity index (χ0) is 20.7. The molecule has 3 aromatic rings. The number of carbonyl (C=O) groups is 2. The van der Waals surface area contributed by atoms with E-state index < -0.39 is 24.1 Å². The van der Waals surface area contributed by atoms with Crippen LogP contribution in [0.2, 0.25) is 0 Å². The topological polar surface area (TPSA) is 75.6 Å². The summed E-state index contributed by atoms with van der Waals surface area (Å²) in [7, 11) is 0. The van der Waals surface area contributed by atoms with E-state index in [9.17, 15) is 14.7 Å². The molecule has 0 spiro atoms. The van der Waals surface area contributed by atoms with Gasteiger partial charge < -0.3 is 15.2 Å². The quantitative estimate of drug-likeness (QED) is 0.460. The number of benzene rings is 3. The monoisotopic (exact) mass is 407 g/mol. The Morgan fingerprint density at radius 3 is 2.07 bits per heavy atom. The molecule has 0 aromatic heterocycles. The van der Waals surface area contributed by atoms with Gasteiger partial charge in [-0.3, -0.25) is 4.79 Å². The SMILES string of the molecule is CSc1cccc(NC(=O)COC(=O)C(O)(c2ccccc2)c2ccccc2)c1. The minimum Gasteiger partial charge on any atom is -0.453 e. The van der Waals surface area contributed by atoms with Crippen molar-refractivity contribution in [2.75, 3.05) is 18.2 Å². The Kier molecular flexibility index (Phi) is 6.69. The van der Waals surface area contributed by atoms with Crippen molar-refractivity contribution in [2.24, 2.45) is 0 Å². The average Bonchev–Trinajstić information content (AvgIpc) is 2.78. The normalized spacial score (nSPS) is 11.0. The number of amides is 1. The van der Waals surface area contributed by atoms with Crippen molar-refractivity contribution in [3.63, 3.8) is 0 Å². The Bertz CT molecular complexity index is 937. The van der Waals surface area contributed by atoms with Crippen LogP contribution in [0.15, 0.2) is 89.8 Å². The second-order valence-corrected chi connectivity index (χ2v) is 7.18. The summed E-state index contributed by atoms with van der Waals surface area (Å²) in [6.45, 7) is -0.510. The molecule has 1 amide bonds. The van der Waals surface area contributed by atoms with Crippen LogP contribution < -0.4 is 5.32 Å². The molecule has 0 aliphatic carbocycles. The molecule has 6 heteroatoms. The summed E-state index contributed by atoms with van der Waals surface area (Å²) >= 11 is 1.56. The average molecular weight is 407 g/mol. The van der Waals surface area contributed by atoms with Crippen molar-refractivity contribution in [3.05, 3.63) is 96.1 Å². The van der Waals surface area contributed by atoms with E-state index in [0.717, 1.165) is 4.90 Å². The summed E-state index contributed by atoms with van der Waals surface area (Å²) in [5.74, 6) is -1.40. The van der Waals surface area contributed by atoms with Crippen molar-refractivity contribution in [2.45, 2.75) is 10.5 Å². The van der Waals surface area contributed by atoms with E-state index in [0.29, 0.717) is 16.8 Å². The second kappa shape index (κ2) is 9.41. The van der Waals surface area contributed by atoms with E-state index in [2.05, 4.69) is 5.32 Å². The molecule has 0 aliphatic heterocycles. The molecule has 0 atom stereocenters. The van der Waals surface area contributed by atoms with E-state index in [-0.39, 0.29) is 0 Å². The fourth-order valence-electron chi connectivity index (χ4n) is 2.89. The van der Waals surface area contributed by atoms with Crippen LogP contribution in [-0.2, 0) is 19.9 Å². The minimum atomic E-state index is -2.01. The molecule has 0 radical (unpaired) electrons. The first kappa shape index (κ1) is 20.6. The van der Waals surface area contributed by atoms with Gasteiger partial charge in [-0.25, -0.2) is 4.79 Å². The number of thioether (sulfide) groups is 1. The van der Waals surface area contributed by atoms with Gasteiger partial charge in [-0.2, -0.15) is 0 Å². The molecule has 0 aliphatic rings. The number of nitrogens with one attached hydrogen (secondary N) is 1. The summed E-state index contributed by atoms with van der Waals surface area (Å²) in [5, 5.41) is 14.0. The van der Waals surface area contributed by atoms with Crippen molar-refractivity contribution < 1.29 is 19.4 Å². The zero-order valence-corrected chi connectivity index (χ0v) is 16.7. The molecule has 0 unspecified atom stereocenters. The molecular formula is C23H21NO4S. The number of esters is 1. The molecule has 0 heterocycles. The highest BCUT2D eigenvalue weighted by Gasteiger charge is 2.41. The number of hydrogen-bond donors (Lipinski definition) is 2. The van der Waals surface area contributed by atoms with E-state index in [1.54, 1.807) is 78.5 Å². The first-order chi connectivity index (χ1) is 14.0. The number of aliphatic hydroxyl groups is 1. The van der Waals surface area contributed by atoms with Crippen molar-refractivity contribution in [1.29, 1.82) is 0 Å². The van der Waals surface area contributed by atoms with Gasteiger partial charge in [0.15, 0.2) is 6.61 Å². The number of hydrogen-bond acceptors (Lipinski definition) is 5. The first-order valence-corrected chi connectivity index (χ1v) is 10.2. The van der Waals surface area contributed by atoms with Crippen molar-refractivity contribution in [1.82, 2.24) is 0 Å². The maximum atomic E-state index is 12.9. The molecule has 3 rings (SSSR count). The van der Waals surface area contributed by atoms with Gasteiger partial charge in [-0.15, -0.1) is 11.8 Å². The van der Waals surface area contributed by atoms with Crippen LogP contribution in [0.4, 0.5) is 5.69 Å². The minimum absolute atomic E-state index is 0.365. The maximum absolute atomic E-state index is 12.9. The van der Waals surface area contributed by atoms with Crippen LogP contribution in [0.25, 0.3) is 0 Å². The highest BCUT2D eigenvalue weighted by molar-refractivity contribution is 7.98. The van der Waals surface area contributed by atoms with Crippen LogP contribution in [0.3, 0.4) is 0 Å². The number of carbonyl (C=O) groups excluding carboxylic acids is 2.